The minimum atomic E-state index is -5.31. The highest BCUT2D eigenvalue weighted by molar-refractivity contribution is 7.70. The summed E-state index contributed by atoms with van der Waals surface area (Å²) >= 11 is 0. The van der Waals surface area contributed by atoms with E-state index in [2.05, 4.69) is 0 Å². The molecule has 0 heterocycles. The molecule has 0 aliphatic rings. The molecule has 0 saturated carbocycles. The van der Waals surface area contributed by atoms with Gasteiger partial charge < -0.3 is 19.6 Å². The van der Waals surface area contributed by atoms with Crippen molar-refractivity contribution < 1.29 is 33.1 Å². The smallest absolute Gasteiger partial charge is 0.322 e. The van der Waals surface area contributed by atoms with Crippen LogP contribution >= 0.6 is 15.2 Å². The van der Waals surface area contributed by atoms with Crippen LogP contribution < -0.4 is 0 Å². The van der Waals surface area contributed by atoms with E-state index in [9.17, 15) is 13.5 Å². The maximum Gasteiger partial charge on any atom is 0.372 e. The van der Waals surface area contributed by atoms with Gasteiger partial charge in [0, 0.05) is 0 Å². The summed E-state index contributed by atoms with van der Waals surface area (Å²) < 4.78 is 31.5. The van der Waals surface area contributed by atoms with Crippen LogP contribution in [-0.2, 0) is 9.13 Å². The molecule has 0 aromatic carbocycles. The Morgan fingerprint density at radius 3 is 1.20 bits per heavy atom. The topological polar surface area (TPSA) is 115 Å². The molecule has 0 aliphatic carbocycles. The summed E-state index contributed by atoms with van der Waals surface area (Å²) in [6.45, 7) is 0. The average Bonchev–Trinajstić information content (AvgIpc) is 1.59. The molecule has 0 aliphatic heterocycles. The first-order valence-electron chi connectivity index (χ1n) is 1.90. The first-order chi connectivity index (χ1) is 4.15. The Morgan fingerprint density at radius 2 is 1.20 bits per heavy atom. The van der Waals surface area contributed by atoms with Crippen LogP contribution in [0.1, 0.15) is 0 Å². The standard InChI is InChI=1S/CH5FO6P2/c2-1(9(3,4)5)10(6,7)8/h1H,(H2,3,4,5)(H2,6,7,8)/i2-1. The lowest BCUT2D eigenvalue weighted by Gasteiger charge is -2.10. The Balaban J connectivity index is 4.56. The molecule has 0 radical (unpaired) electrons. The summed E-state index contributed by atoms with van der Waals surface area (Å²) in [6, 6.07) is 0. The fourth-order valence-electron chi connectivity index (χ4n) is 0.196. The number of rotatable bonds is 2. The van der Waals surface area contributed by atoms with Gasteiger partial charge in [-0.3, -0.25) is 9.13 Å². The summed E-state index contributed by atoms with van der Waals surface area (Å²) in [5.74, 6) is 0. The van der Waals surface area contributed by atoms with Gasteiger partial charge in [0.1, 0.15) is 0 Å². The van der Waals surface area contributed by atoms with E-state index in [4.69, 9.17) is 19.6 Å². The maximum atomic E-state index is 11.9. The number of hydrogen-bond donors (Lipinski definition) is 4. The third-order valence-corrected chi connectivity index (χ3v) is 3.47. The van der Waals surface area contributed by atoms with Crippen molar-refractivity contribution in [1.29, 1.82) is 0 Å². The molecule has 0 unspecified atom stereocenters. The van der Waals surface area contributed by atoms with Crippen LogP contribution in [-0.4, -0.2) is 25.2 Å². The summed E-state index contributed by atoms with van der Waals surface area (Å²) in [5, 5.41) is 0. The van der Waals surface area contributed by atoms with Gasteiger partial charge in [-0.25, -0.2) is 4.39 Å². The van der Waals surface area contributed by atoms with E-state index < -0.39 is 20.8 Å². The first-order valence-corrected chi connectivity index (χ1v) is 5.26. The van der Waals surface area contributed by atoms with Crippen LogP contribution in [0.15, 0.2) is 0 Å². The van der Waals surface area contributed by atoms with Crippen molar-refractivity contribution >= 4 is 15.2 Å². The summed E-state index contributed by atoms with van der Waals surface area (Å²) in [6.07, 6.45) is 0. The zero-order chi connectivity index (χ0) is 8.58. The first kappa shape index (κ1) is 10.2. The fraction of sp³-hybridized carbons (Fsp3) is 1.00. The van der Waals surface area contributed by atoms with Crippen LogP contribution in [0, 0.1) is 0 Å². The Hall–Kier alpha value is 0.230. The van der Waals surface area contributed by atoms with Crippen molar-refractivity contribution in [2.24, 2.45) is 0 Å². The van der Waals surface area contributed by atoms with Crippen molar-refractivity contribution in [3.63, 3.8) is 0 Å². The number of halogens is 1. The second-order valence-corrected chi connectivity index (χ2v) is 5.16. The predicted molar refractivity (Wildman–Crippen MR) is 29.0 cm³/mol. The second-order valence-electron chi connectivity index (χ2n) is 1.49. The average molecular weight is 193 g/mol. The van der Waals surface area contributed by atoms with E-state index in [1.54, 1.807) is 0 Å². The fourth-order valence-corrected chi connectivity index (χ4v) is 1.76. The van der Waals surface area contributed by atoms with E-state index in [-0.39, 0.29) is 0 Å². The lowest BCUT2D eigenvalue weighted by molar-refractivity contribution is 0.291. The molecule has 0 amide bonds. The molecule has 0 spiro atoms. The Morgan fingerprint density at radius 1 is 1.00 bits per heavy atom. The van der Waals surface area contributed by atoms with E-state index in [0.717, 1.165) is 0 Å². The Kier molecular flexibility index (Phi) is 2.76. The van der Waals surface area contributed by atoms with E-state index in [0.29, 0.717) is 0 Å². The SMILES string of the molecule is O=P(O)(O)C([18F])P(=O)(O)O. The highest BCUT2D eigenvalue weighted by Crippen LogP contribution is 2.60. The van der Waals surface area contributed by atoms with Gasteiger partial charge in [-0.05, 0) is 0 Å². The van der Waals surface area contributed by atoms with Crippen LogP contribution in [0.4, 0.5) is 4.39 Å². The largest absolute Gasteiger partial charge is 0.372 e. The molecule has 0 atom stereocenters. The van der Waals surface area contributed by atoms with E-state index >= 15 is 0 Å². The monoisotopic (exact) mass is 193 g/mol. The third-order valence-electron chi connectivity index (χ3n) is 0.555. The highest BCUT2D eigenvalue weighted by Gasteiger charge is 2.43. The van der Waals surface area contributed by atoms with Gasteiger partial charge in [-0.2, -0.15) is 0 Å². The van der Waals surface area contributed by atoms with Crippen molar-refractivity contribution in [3.05, 3.63) is 0 Å². The van der Waals surface area contributed by atoms with Gasteiger partial charge in [0.05, 0.1) is 0 Å². The molecule has 0 aromatic heterocycles. The minimum Gasteiger partial charge on any atom is -0.322 e. The van der Waals surface area contributed by atoms with Crippen LogP contribution in [0.3, 0.4) is 0 Å². The van der Waals surface area contributed by atoms with Crippen molar-refractivity contribution in [1.82, 2.24) is 0 Å². The van der Waals surface area contributed by atoms with Crippen LogP contribution in [0.25, 0.3) is 0 Å². The van der Waals surface area contributed by atoms with Crippen molar-refractivity contribution in [3.8, 4) is 0 Å². The maximum absolute atomic E-state index is 11.9. The van der Waals surface area contributed by atoms with Crippen LogP contribution in [0.2, 0.25) is 0 Å². The molecule has 4 N–H and O–H groups in total. The molecule has 0 bridgehead atoms. The van der Waals surface area contributed by atoms with Gasteiger partial charge in [-0.1, -0.05) is 0 Å². The third kappa shape index (κ3) is 2.88. The summed E-state index contributed by atoms with van der Waals surface area (Å²) in [4.78, 5) is 31.5. The molecule has 62 valence electrons. The van der Waals surface area contributed by atoms with Crippen molar-refractivity contribution in [2.45, 2.75) is 5.65 Å². The minimum absolute atomic E-state index is 3.40. The molecule has 10 heavy (non-hydrogen) atoms. The Labute approximate surface area is 55.0 Å². The zero-order valence-corrected chi connectivity index (χ0v) is 6.24. The van der Waals surface area contributed by atoms with Gasteiger partial charge >= 0.3 is 15.2 Å². The molecular weight excluding hydrogens is 188 g/mol. The van der Waals surface area contributed by atoms with Gasteiger partial charge in [-0.15, -0.1) is 0 Å². The van der Waals surface area contributed by atoms with E-state index in [1.807, 2.05) is 0 Å². The molecular formula is CH5FO6P2. The molecule has 0 rings (SSSR count). The Bertz CT molecular complexity index is 178. The molecule has 9 heteroatoms. The number of hydrogen-bond acceptors (Lipinski definition) is 2. The number of alkyl halides is 1. The summed E-state index contributed by atoms with van der Waals surface area (Å²) in [7, 11) is -10.6. The molecule has 0 saturated heterocycles. The lowest BCUT2D eigenvalue weighted by Crippen LogP contribution is -2.01. The summed E-state index contributed by atoms with van der Waals surface area (Å²) in [5.41, 5.74) is -3.40. The quantitative estimate of drug-likeness (QED) is 0.443. The molecule has 0 aromatic rings. The van der Waals surface area contributed by atoms with Gasteiger partial charge in [0.25, 0.3) is 5.65 Å². The molecule has 6 nitrogen and oxygen atoms in total. The van der Waals surface area contributed by atoms with E-state index in [1.165, 1.54) is 0 Å². The van der Waals surface area contributed by atoms with Gasteiger partial charge in [0.15, 0.2) is 0 Å². The lowest BCUT2D eigenvalue weighted by atomic mass is 11.7. The predicted octanol–water partition coefficient (Wildman–Crippen LogP) is -0.405. The normalized spacial score (nSPS) is 14.2. The zero-order valence-electron chi connectivity index (χ0n) is 4.46. The highest BCUT2D eigenvalue weighted by atomic mass is 31.2. The van der Waals surface area contributed by atoms with Gasteiger partial charge in [0.2, 0.25) is 0 Å². The van der Waals surface area contributed by atoms with Crippen molar-refractivity contribution in [2.75, 3.05) is 0 Å². The second kappa shape index (κ2) is 2.70. The molecule has 0 fully saturated rings. The van der Waals surface area contributed by atoms with Crippen LogP contribution in [0.5, 0.6) is 0 Å².